The molecule has 0 fully saturated rings. The standard InChI is InChI=1S/C20H24N2O2/c1-16-21(14-17-8-4-6-10-19(17)23-2)12-13-22(16)15-18-9-5-7-11-20(18)24-3/h4-13,16H,14-15H2,1-3H3. The van der Waals surface area contributed by atoms with E-state index in [1.807, 2.05) is 24.3 Å². The average molecular weight is 324 g/mol. The molecular formula is C20H24N2O2. The molecule has 0 spiro atoms. The molecule has 126 valence electrons. The smallest absolute Gasteiger partial charge is 0.123 e. The fourth-order valence-electron chi connectivity index (χ4n) is 3.04. The number of benzene rings is 2. The number of hydrogen-bond acceptors (Lipinski definition) is 4. The molecule has 0 bridgehead atoms. The van der Waals surface area contributed by atoms with Gasteiger partial charge in [-0.3, -0.25) is 0 Å². The van der Waals surface area contributed by atoms with Crippen molar-refractivity contribution in [2.45, 2.75) is 26.2 Å². The summed E-state index contributed by atoms with van der Waals surface area (Å²) >= 11 is 0. The van der Waals surface area contributed by atoms with Gasteiger partial charge < -0.3 is 19.3 Å². The molecule has 4 nitrogen and oxygen atoms in total. The summed E-state index contributed by atoms with van der Waals surface area (Å²) in [7, 11) is 3.44. The summed E-state index contributed by atoms with van der Waals surface area (Å²) in [5.41, 5.74) is 2.38. The Hall–Kier alpha value is -2.62. The van der Waals surface area contributed by atoms with Gasteiger partial charge in [-0.25, -0.2) is 0 Å². The average Bonchev–Trinajstić information content (AvgIpc) is 2.96. The van der Waals surface area contributed by atoms with E-state index in [2.05, 4.69) is 53.4 Å². The highest BCUT2D eigenvalue weighted by Gasteiger charge is 2.23. The minimum atomic E-state index is 0.278. The second-order valence-electron chi connectivity index (χ2n) is 5.90. The molecule has 0 aromatic heterocycles. The Morgan fingerprint density at radius 1 is 0.750 bits per heavy atom. The molecule has 0 amide bonds. The van der Waals surface area contributed by atoms with Gasteiger partial charge in [0, 0.05) is 36.6 Å². The summed E-state index contributed by atoms with van der Waals surface area (Å²) in [6.07, 6.45) is 4.57. The zero-order chi connectivity index (χ0) is 16.9. The van der Waals surface area contributed by atoms with Gasteiger partial charge in [-0.2, -0.15) is 0 Å². The van der Waals surface area contributed by atoms with Crippen molar-refractivity contribution in [3.05, 3.63) is 72.1 Å². The highest BCUT2D eigenvalue weighted by molar-refractivity contribution is 5.34. The maximum Gasteiger partial charge on any atom is 0.123 e. The summed E-state index contributed by atoms with van der Waals surface area (Å²) in [6, 6.07) is 16.3. The Kier molecular flexibility index (Phi) is 4.94. The first-order chi connectivity index (χ1) is 11.7. The Labute approximate surface area is 143 Å². The van der Waals surface area contributed by atoms with Crippen LogP contribution in [0.1, 0.15) is 18.1 Å². The number of nitrogens with zero attached hydrogens (tertiary/aromatic N) is 2. The molecule has 2 aromatic carbocycles. The summed E-state index contributed by atoms with van der Waals surface area (Å²) < 4.78 is 10.9. The van der Waals surface area contributed by atoms with Crippen molar-refractivity contribution < 1.29 is 9.47 Å². The van der Waals surface area contributed by atoms with E-state index < -0.39 is 0 Å². The van der Waals surface area contributed by atoms with Crippen molar-refractivity contribution in [2.75, 3.05) is 14.2 Å². The maximum absolute atomic E-state index is 5.46. The monoisotopic (exact) mass is 324 g/mol. The zero-order valence-electron chi connectivity index (χ0n) is 14.5. The lowest BCUT2D eigenvalue weighted by molar-refractivity contribution is 0.157. The van der Waals surface area contributed by atoms with Crippen molar-refractivity contribution in [3.8, 4) is 11.5 Å². The van der Waals surface area contributed by atoms with E-state index in [1.165, 1.54) is 11.1 Å². The van der Waals surface area contributed by atoms with E-state index in [-0.39, 0.29) is 6.17 Å². The quantitative estimate of drug-likeness (QED) is 0.806. The third-order valence-electron chi connectivity index (χ3n) is 4.50. The van der Waals surface area contributed by atoms with E-state index in [4.69, 9.17) is 9.47 Å². The number of ether oxygens (including phenoxy) is 2. The molecular weight excluding hydrogens is 300 g/mol. The number of methoxy groups -OCH3 is 2. The van der Waals surface area contributed by atoms with Gasteiger partial charge in [0.2, 0.25) is 0 Å². The highest BCUT2D eigenvalue weighted by atomic mass is 16.5. The fourth-order valence-corrected chi connectivity index (χ4v) is 3.04. The molecule has 0 radical (unpaired) electrons. The molecule has 0 unspecified atom stereocenters. The van der Waals surface area contributed by atoms with E-state index in [1.54, 1.807) is 14.2 Å². The van der Waals surface area contributed by atoms with Crippen LogP contribution in [0.15, 0.2) is 60.9 Å². The van der Waals surface area contributed by atoms with Gasteiger partial charge in [0.15, 0.2) is 0 Å². The van der Waals surface area contributed by atoms with Crippen LogP contribution in [0.25, 0.3) is 0 Å². The van der Waals surface area contributed by atoms with E-state index in [9.17, 15) is 0 Å². The van der Waals surface area contributed by atoms with Gasteiger partial charge in [-0.1, -0.05) is 36.4 Å². The zero-order valence-corrected chi connectivity index (χ0v) is 14.5. The molecule has 2 aromatic rings. The van der Waals surface area contributed by atoms with Crippen LogP contribution >= 0.6 is 0 Å². The van der Waals surface area contributed by atoms with Crippen LogP contribution in [0.5, 0.6) is 11.5 Å². The Morgan fingerprint density at radius 2 is 1.17 bits per heavy atom. The van der Waals surface area contributed by atoms with Gasteiger partial charge in [0.05, 0.1) is 20.4 Å². The predicted octanol–water partition coefficient (Wildman–Crippen LogP) is 3.84. The molecule has 1 aliphatic heterocycles. The van der Waals surface area contributed by atoms with Crippen LogP contribution in [0, 0.1) is 0 Å². The molecule has 0 saturated carbocycles. The van der Waals surface area contributed by atoms with Gasteiger partial charge in [-0.05, 0) is 19.1 Å². The van der Waals surface area contributed by atoms with Crippen molar-refractivity contribution in [1.29, 1.82) is 0 Å². The minimum Gasteiger partial charge on any atom is -0.496 e. The number of rotatable bonds is 6. The molecule has 24 heavy (non-hydrogen) atoms. The fraction of sp³-hybridized carbons (Fsp3) is 0.300. The number of para-hydroxylation sites is 2. The summed E-state index contributed by atoms with van der Waals surface area (Å²) in [4.78, 5) is 4.63. The van der Waals surface area contributed by atoms with Crippen molar-refractivity contribution in [2.24, 2.45) is 0 Å². The molecule has 0 saturated heterocycles. The van der Waals surface area contributed by atoms with Gasteiger partial charge in [-0.15, -0.1) is 0 Å². The van der Waals surface area contributed by atoms with Gasteiger partial charge in [0.1, 0.15) is 11.5 Å². The minimum absolute atomic E-state index is 0.278. The predicted molar refractivity (Wildman–Crippen MR) is 95.7 cm³/mol. The molecule has 1 aliphatic rings. The topological polar surface area (TPSA) is 24.9 Å². The third kappa shape index (κ3) is 3.32. The largest absolute Gasteiger partial charge is 0.496 e. The van der Waals surface area contributed by atoms with Gasteiger partial charge in [0.25, 0.3) is 0 Å². The maximum atomic E-state index is 5.46. The summed E-state index contributed by atoms with van der Waals surface area (Å²) in [5.74, 6) is 1.86. The van der Waals surface area contributed by atoms with Crippen LogP contribution in [0.4, 0.5) is 0 Å². The Bertz CT molecular complexity index is 655. The van der Waals surface area contributed by atoms with Crippen LogP contribution in [0.2, 0.25) is 0 Å². The SMILES string of the molecule is COc1ccccc1CN1C=CN(Cc2ccccc2OC)C1C. The lowest BCUT2D eigenvalue weighted by Crippen LogP contribution is -2.35. The first-order valence-electron chi connectivity index (χ1n) is 8.16. The molecule has 4 heteroatoms. The van der Waals surface area contributed by atoms with Crippen LogP contribution < -0.4 is 9.47 Å². The Balaban J connectivity index is 1.69. The molecule has 0 N–H and O–H groups in total. The van der Waals surface area contributed by atoms with Crippen LogP contribution in [0.3, 0.4) is 0 Å². The van der Waals surface area contributed by atoms with Crippen molar-refractivity contribution >= 4 is 0 Å². The van der Waals surface area contributed by atoms with Crippen molar-refractivity contribution in [1.82, 2.24) is 9.80 Å². The lowest BCUT2D eigenvalue weighted by Gasteiger charge is -2.30. The van der Waals surface area contributed by atoms with E-state index in [0.29, 0.717) is 0 Å². The molecule has 1 heterocycles. The normalized spacial score (nSPS) is 14.3. The lowest BCUT2D eigenvalue weighted by atomic mass is 10.1. The van der Waals surface area contributed by atoms with Crippen LogP contribution in [-0.2, 0) is 13.1 Å². The first-order valence-corrected chi connectivity index (χ1v) is 8.16. The molecule has 3 rings (SSSR count). The second-order valence-corrected chi connectivity index (χ2v) is 5.90. The highest BCUT2D eigenvalue weighted by Crippen LogP contribution is 2.27. The summed E-state index contributed by atoms with van der Waals surface area (Å²) in [6.45, 7) is 3.86. The van der Waals surface area contributed by atoms with Gasteiger partial charge >= 0.3 is 0 Å². The summed E-state index contributed by atoms with van der Waals surface area (Å²) in [5, 5.41) is 0. The third-order valence-corrected chi connectivity index (χ3v) is 4.50. The van der Waals surface area contributed by atoms with E-state index >= 15 is 0 Å². The molecule has 0 aliphatic carbocycles. The second kappa shape index (κ2) is 7.30. The first kappa shape index (κ1) is 16.2. The van der Waals surface area contributed by atoms with Crippen molar-refractivity contribution in [3.63, 3.8) is 0 Å². The number of hydrogen-bond donors (Lipinski definition) is 0. The molecule has 0 atom stereocenters. The van der Waals surface area contributed by atoms with Crippen LogP contribution in [-0.4, -0.2) is 30.2 Å². The Morgan fingerprint density at radius 3 is 1.58 bits per heavy atom. The van der Waals surface area contributed by atoms with E-state index in [0.717, 1.165) is 24.6 Å².